The summed E-state index contributed by atoms with van der Waals surface area (Å²) in [7, 11) is 0. The molecule has 14 heterocycles. The number of hydrogen-bond donors (Lipinski definition) is 5. The number of hydrogen-bond acceptors (Lipinski definition) is 18. The zero-order valence-corrected chi connectivity index (χ0v) is 57.7. The lowest BCUT2D eigenvalue weighted by Crippen LogP contribution is -2.48. The smallest absolute Gasteiger partial charge is 0.416 e. The molecule has 4 atom stereocenters. The second-order valence-corrected chi connectivity index (χ2v) is 26.4. The Labute approximate surface area is 600 Å². The van der Waals surface area contributed by atoms with Gasteiger partial charge in [0.05, 0.1) is 80.2 Å². The maximum absolute atomic E-state index is 13.6. The molecular weight excluding hydrogens is 1360 g/mol. The second-order valence-electron chi connectivity index (χ2n) is 25.6. The van der Waals surface area contributed by atoms with E-state index in [0.29, 0.717) is 77.2 Å². The predicted octanol–water partition coefficient (Wildman–Crippen LogP) is 13.5. The van der Waals surface area contributed by atoms with Crippen molar-refractivity contribution in [2.45, 2.75) is 77.4 Å². The van der Waals surface area contributed by atoms with Crippen LogP contribution in [0.2, 0.25) is 10.0 Å². The lowest BCUT2D eigenvalue weighted by molar-refractivity contribution is -0.137. The van der Waals surface area contributed by atoms with Gasteiger partial charge in [-0.05, 0) is 131 Å². The Balaban J connectivity index is 0.000000132. The highest BCUT2D eigenvalue weighted by molar-refractivity contribution is 6.34. The number of aliphatic hydroxyl groups excluding tert-OH is 2. The van der Waals surface area contributed by atoms with E-state index in [4.69, 9.17) is 43.0 Å². The Bertz CT molecular complexity index is 4880. The number of aromatic nitrogens is 9. The van der Waals surface area contributed by atoms with Gasteiger partial charge < -0.3 is 29.6 Å². The van der Waals surface area contributed by atoms with Gasteiger partial charge in [-0.25, -0.2) is 49.3 Å². The Morgan fingerprint density at radius 2 is 1.06 bits per heavy atom. The van der Waals surface area contributed by atoms with Gasteiger partial charge >= 0.3 is 24.3 Å². The number of ether oxygens (including phenoxy) is 1. The van der Waals surface area contributed by atoms with Gasteiger partial charge in [0, 0.05) is 110 Å². The monoisotopic (exact) mass is 1430 g/mol. The number of urea groups is 3. The van der Waals surface area contributed by atoms with Crippen molar-refractivity contribution in [1.29, 1.82) is 0 Å². The van der Waals surface area contributed by atoms with E-state index >= 15 is 0 Å². The number of alkyl halides is 3. The van der Waals surface area contributed by atoms with E-state index in [0.717, 1.165) is 101 Å². The number of amides is 6. The van der Waals surface area contributed by atoms with Gasteiger partial charge in [-0.3, -0.25) is 40.6 Å². The van der Waals surface area contributed by atoms with E-state index in [2.05, 4.69) is 79.4 Å². The molecule has 103 heavy (non-hydrogen) atoms. The minimum atomic E-state index is -4.51. The Morgan fingerprint density at radius 3 is 1.66 bits per heavy atom. The fraction of sp³-hybridized carbons (Fsp3) is 0.270. The summed E-state index contributed by atoms with van der Waals surface area (Å²) in [6, 6.07) is 34.9. The molecule has 0 unspecified atom stereocenters. The number of pyridine rings is 7. The number of anilines is 9. The van der Waals surface area contributed by atoms with Crippen molar-refractivity contribution in [3.63, 3.8) is 0 Å². The summed E-state index contributed by atoms with van der Waals surface area (Å²) >= 11 is 13.2. The quantitative estimate of drug-likeness (QED) is 0.0805. The fourth-order valence-corrected chi connectivity index (χ4v) is 14.2. The molecule has 16 rings (SSSR count). The van der Waals surface area contributed by atoms with Crippen molar-refractivity contribution in [3.8, 4) is 50.8 Å². The van der Waals surface area contributed by atoms with Gasteiger partial charge in [0.1, 0.15) is 30.1 Å². The highest BCUT2D eigenvalue weighted by Gasteiger charge is 2.45. The standard InChI is InChI=1S/C27H20ClF3N6O.C24H25ClN6O4.C23H24N6O/c28-20-14-22-24(34-23(20)17-7-4-8-18(13-17)27(29,30)31)37(19-10-12-36(22)15-19)26(38)35-25-32-11-9-21(33-25)16-5-2-1-3-6-16;1-14-8-15(2-5-26-14)22-19(25)10-20-23(29-22)31(16-4-7-30(20)11-16)24(34)28-21-9-18(3-6-27-21)35-13-17(33)12-32;1-14-12-17(7-10-24-14)20-15(2)16(3)21-22(27-20)29(18-8-11-28(21)13-18)23(30)26-19-6-4-5-9-25-19/h1-9,11,13-14,19H,10,12,15H2,(H,32,33,35,38);2-3,5-6,8-10,16-17,32-33H,4,7,11-13H2,1H3,(H,27,28,34);4-7,9-10,12,18H,8,11,13H2,1-3H3,(H,25,26,30)/t19-;16-,17-;18-/m000/s1. The molecule has 3 fully saturated rings. The maximum atomic E-state index is 13.6. The largest absolute Gasteiger partial charge is 0.491 e. The van der Waals surface area contributed by atoms with Crippen LogP contribution in [-0.4, -0.2) is 150 Å². The molecule has 3 saturated heterocycles. The summed E-state index contributed by atoms with van der Waals surface area (Å²) in [6.45, 7) is 12.2. The molecule has 5 N–H and O–H groups in total. The van der Waals surface area contributed by atoms with Crippen LogP contribution in [0.3, 0.4) is 0 Å². The van der Waals surface area contributed by atoms with Crippen molar-refractivity contribution in [2.75, 3.05) is 97.8 Å². The Hall–Kier alpha value is -11.1. The molecule has 0 saturated carbocycles. The first-order valence-corrected chi connectivity index (χ1v) is 34.2. The zero-order valence-electron chi connectivity index (χ0n) is 56.2. The Kier molecular flexibility index (Phi) is 19.5. The second kappa shape index (κ2) is 29.1. The van der Waals surface area contributed by atoms with Gasteiger partial charge in [-0.1, -0.05) is 71.7 Å². The number of halogens is 5. The van der Waals surface area contributed by atoms with E-state index in [1.54, 1.807) is 60.0 Å². The van der Waals surface area contributed by atoms with Crippen LogP contribution in [0.1, 0.15) is 47.3 Å². The molecule has 6 amide bonds. The number of rotatable bonds is 11. The zero-order chi connectivity index (χ0) is 71.8. The molecular formula is C74H69Cl2F3N18O6. The number of aryl methyl sites for hydroxylation is 2. The summed E-state index contributed by atoms with van der Waals surface area (Å²) in [4.78, 5) is 92.3. The number of carbonyl (C=O) groups is 3. The first-order chi connectivity index (χ1) is 49.7. The number of fused-ring (bicyclic) bond motifs is 12. The highest BCUT2D eigenvalue weighted by atomic mass is 35.5. The van der Waals surface area contributed by atoms with E-state index < -0.39 is 30.5 Å². The molecule has 6 bridgehead atoms. The first kappa shape index (κ1) is 69.0. The van der Waals surface area contributed by atoms with Crippen molar-refractivity contribution < 1.29 is 42.5 Å². The number of benzene rings is 2. The predicted molar refractivity (Wildman–Crippen MR) is 389 cm³/mol. The first-order valence-electron chi connectivity index (χ1n) is 33.4. The number of nitrogens with one attached hydrogen (secondary N) is 3. The average Bonchev–Trinajstić information content (AvgIpc) is 1.69. The normalized spacial score (nSPS) is 16.9. The average molecular weight is 1430 g/mol. The summed E-state index contributed by atoms with van der Waals surface area (Å²) in [5.74, 6) is 2.98. The minimum absolute atomic E-state index is 0.0395. The van der Waals surface area contributed by atoms with Crippen LogP contribution in [0, 0.1) is 27.7 Å². The van der Waals surface area contributed by atoms with Crippen LogP contribution in [0.25, 0.3) is 45.0 Å². The van der Waals surface area contributed by atoms with Gasteiger partial charge in [-0.2, -0.15) is 13.2 Å². The fourth-order valence-electron chi connectivity index (χ4n) is 13.7. The highest BCUT2D eigenvalue weighted by Crippen LogP contribution is 2.48. The molecule has 8 aromatic heterocycles. The molecule has 10 aromatic rings. The third kappa shape index (κ3) is 14.4. The van der Waals surface area contributed by atoms with Crippen LogP contribution in [0.5, 0.6) is 5.75 Å². The summed E-state index contributed by atoms with van der Waals surface area (Å²) < 4.78 is 45.5. The van der Waals surface area contributed by atoms with Crippen LogP contribution in [0.4, 0.5) is 79.7 Å². The van der Waals surface area contributed by atoms with Crippen LogP contribution >= 0.6 is 23.2 Å². The number of carbonyl (C=O) groups excluding carboxylic acids is 3. The minimum Gasteiger partial charge on any atom is -0.491 e. The maximum Gasteiger partial charge on any atom is 0.416 e. The number of aliphatic hydroxyl groups is 2. The van der Waals surface area contributed by atoms with Crippen molar-refractivity contribution in [2.24, 2.45) is 0 Å². The molecule has 0 aliphatic carbocycles. The van der Waals surface area contributed by atoms with Gasteiger partial charge in [0.25, 0.3) is 0 Å². The Morgan fingerprint density at radius 1 is 0.534 bits per heavy atom. The van der Waals surface area contributed by atoms with Crippen LogP contribution < -0.4 is 50.1 Å². The molecule has 2 aromatic carbocycles. The molecule has 6 aliphatic rings. The number of nitrogens with zero attached hydrogens (tertiary/aromatic N) is 15. The molecule has 24 nitrogen and oxygen atoms in total. The van der Waals surface area contributed by atoms with Gasteiger partial charge in [0.15, 0.2) is 17.5 Å². The van der Waals surface area contributed by atoms with Crippen LogP contribution in [-0.2, 0) is 6.18 Å². The lowest BCUT2D eigenvalue weighted by Gasteiger charge is -2.37. The van der Waals surface area contributed by atoms with Crippen LogP contribution in [0.15, 0.2) is 158 Å². The van der Waals surface area contributed by atoms with E-state index in [-0.39, 0.29) is 59.0 Å². The van der Waals surface area contributed by atoms with Gasteiger partial charge in [0.2, 0.25) is 5.95 Å². The molecule has 526 valence electrons. The van der Waals surface area contributed by atoms with E-state index in [1.165, 1.54) is 28.8 Å². The topological polar surface area (TPSA) is 272 Å². The summed E-state index contributed by atoms with van der Waals surface area (Å²) in [5.41, 5.74) is 11.0. The SMILES string of the molecule is Cc1cc(-c2nc3c(c(C)c2C)N2CC[C@@H](C2)N3C(=O)Nc2ccccn2)ccn1.Cc1cc(-c2nc3c(cc2Cl)N2CC[C@@H](C2)N3C(=O)Nc2cc(OC[C@@H](O)CO)ccn2)ccn1.O=C(Nc1nccc(-c2ccccc2)n1)N1c2nc(-c3cccc(C(F)(F)F)c3)c(Cl)cc2N2CC[C@H]1C2. The van der Waals surface area contributed by atoms with Crippen molar-refractivity contribution >= 4 is 93.4 Å². The molecule has 29 heteroatoms. The van der Waals surface area contributed by atoms with Crippen molar-refractivity contribution in [3.05, 3.63) is 197 Å². The van der Waals surface area contributed by atoms with Crippen molar-refractivity contribution in [1.82, 2.24) is 44.9 Å². The summed E-state index contributed by atoms with van der Waals surface area (Å²) in [5, 5.41) is 27.7. The van der Waals surface area contributed by atoms with E-state index in [1.807, 2.05) is 91.5 Å². The lowest BCUT2D eigenvalue weighted by atomic mass is 10.00. The van der Waals surface area contributed by atoms with E-state index in [9.17, 15) is 32.7 Å². The summed E-state index contributed by atoms with van der Waals surface area (Å²) in [6.07, 6.45) is 5.18. The molecule has 0 spiro atoms. The molecule has 6 aliphatic heterocycles. The third-order valence-corrected chi connectivity index (χ3v) is 19.3. The van der Waals surface area contributed by atoms with Gasteiger partial charge in [-0.15, -0.1) is 0 Å². The third-order valence-electron chi connectivity index (χ3n) is 18.8. The molecule has 0 radical (unpaired) electrons.